The zero-order chi connectivity index (χ0) is 11.8. The van der Waals surface area contributed by atoms with Crippen molar-refractivity contribution in [3.63, 3.8) is 0 Å². The van der Waals surface area contributed by atoms with Gasteiger partial charge in [-0.15, -0.1) is 0 Å². The lowest BCUT2D eigenvalue weighted by Crippen LogP contribution is -2.33. The van der Waals surface area contributed by atoms with Crippen molar-refractivity contribution in [2.24, 2.45) is 0 Å². The van der Waals surface area contributed by atoms with Crippen molar-refractivity contribution in [3.8, 4) is 0 Å². The molecule has 3 heteroatoms. The third-order valence-electron chi connectivity index (χ3n) is 3.89. The van der Waals surface area contributed by atoms with E-state index in [9.17, 15) is 0 Å². The maximum atomic E-state index is 4.63. The fourth-order valence-corrected chi connectivity index (χ4v) is 2.73. The van der Waals surface area contributed by atoms with Crippen LogP contribution in [0.3, 0.4) is 0 Å². The number of hydrogen-bond acceptors (Lipinski definition) is 2. The quantitative estimate of drug-likeness (QED) is 0.858. The molecule has 90 valence electrons. The highest BCUT2D eigenvalue weighted by Gasteiger charge is 2.22. The summed E-state index contributed by atoms with van der Waals surface area (Å²) in [5.41, 5.74) is 2.65. The average molecular weight is 229 g/mol. The number of aromatic amines is 1. The van der Waals surface area contributed by atoms with Crippen LogP contribution < -0.4 is 4.90 Å². The van der Waals surface area contributed by atoms with Crippen LogP contribution >= 0.6 is 0 Å². The molecule has 0 aliphatic carbocycles. The van der Waals surface area contributed by atoms with Crippen LogP contribution in [-0.4, -0.2) is 22.6 Å². The number of anilines is 1. The smallest absolute Gasteiger partial charge is 0.138 e. The van der Waals surface area contributed by atoms with Gasteiger partial charge < -0.3 is 9.88 Å². The molecule has 0 radical (unpaired) electrons. The third-order valence-corrected chi connectivity index (χ3v) is 3.89. The molecular formula is C14H19N3. The van der Waals surface area contributed by atoms with Gasteiger partial charge in [-0.25, -0.2) is 4.98 Å². The van der Waals surface area contributed by atoms with Gasteiger partial charge in [-0.1, -0.05) is 6.92 Å². The van der Waals surface area contributed by atoms with Crippen LogP contribution in [0.25, 0.3) is 10.9 Å². The summed E-state index contributed by atoms with van der Waals surface area (Å²) in [7, 11) is 0. The van der Waals surface area contributed by atoms with Gasteiger partial charge in [-0.3, -0.25) is 0 Å². The first-order valence-electron chi connectivity index (χ1n) is 6.53. The molecule has 3 rings (SSSR count). The number of aryl methyl sites for hydroxylation is 1. The van der Waals surface area contributed by atoms with Gasteiger partial charge in [-0.05, 0) is 37.8 Å². The third kappa shape index (κ3) is 1.61. The molecule has 1 atom stereocenters. The second-order valence-electron chi connectivity index (χ2n) is 4.93. The predicted octanol–water partition coefficient (Wildman–Crippen LogP) is 3.11. The van der Waals surface area contributed by atoms with Gasteiger partial charge in [0.2, 0.25) is 0 Å². The summed E-state index contributed by atoms with van der Waals surface area (Å²) in [5, 5.41) is 1.34. The van der Waals surface area contributed by atoms with Crippen molar-refractivity contribution in [2.75, 3.05) is 11.4 Å². The van der Waals surface area contributed by atoms with E-state index < -0.39 is 0 Å². The van der Waals surface area contributed by atoms with E-state index in [0.717, 1.165) is 19.4 Å². The summed E-state index contributed by atoms with van der Waals surface area (Å²) < 4.78 is 0. The molecule has 0 bridgehead atoms. The molecule has 0 saturated heterocycles. The molecule has 0 amide bonds. The van der Waals surface area contributed by atoms with E-state index in [2.05, 4.69) is 41.0 Å². The number of rotatable bonds is 2. The number of nitrogens with one attached hydrogen (secondary N) is 1. The Morgan fingerprint density at radius 3 is 3.24 bits per heavy atom. The highest BCUT2D eigenvalue weighted by atomic mass is 15.2. The molecule has 2 aromatic heterocycles. The van der Waals surface area contributed by atoms with Gasteiger partial charge in [0, 0.05) is 30.4 Å². The monoisotopic (exact) mass is 229 g/mol. The summed E-state index contributed by atoms with van der Waals surface area (Å²) >= 11 is 0. The molecule has 2 aromatic rings. The van der Waals surface area contributed by atoms with Crippen molar-refractivity contribution in [1.82, 2.24) is 9.97 Å². The molecule has 1 aliphatic rings. The maximum absolute atomic E-state index is 4.63. The van der Waals surface area contributed by atoms with Crippen molar-refractivity contribution in [2.45, 2.75) is 39.2 Å². The molecule has 3 nitrogen and oxygen atoms in total. The topological polar surface area (TPSA) is 31.9 Å². The van der Waals surface area contributed by atoms with E-state index in [4.69, 9.17) is 0 Å². The molecule has 0 spiro atoms. The van der Waals surface area contributed by atoms with E-state index in [1.807, 2.05) is 6.20 Å². The summed E-state index contributed by atoms with van der Waals surface area (Å²) in [4.78, 5) is 10.4. The Labute approximate surface area is 102 Å². The van der Waals surface area contributed by atoms with Gasteiger partial charge in [0.05, 0.1) is 5.52 Å². The van der Waals surface area contributed by atoms with Gasteiger partial charge in [0.1, 0.15) is 5.82 Å². The van der Waals surface area contributed by atoms with Crippen LogP contribution in [0.1, 0.15) is 32.3 Å². The van der Waals surface area contributed by atoms with E-state index in [-0.39, 0.29) is 0 Å². The summed E-state index contributed by atoms with van der Waals surface area (Å²) in [6.45, 7) is 5.65. The molecular weight excluding hydrogens is 210 g/mol. The van der Waals surface area contributed by atoms with Crippen LogP contribution in [0.2, 0.25) is 0 Å². The first-order valence-corrected chi connectivity index (χ1v) is 6.53. The van der Waals surface area contributed by atoms with Crippen molar-refractivity contribution < 1.29 is 0 Å². The first-order chi connectivity index (χ1) is 8.31. The predicted molar refractivity (Wildman–Crippen MR) is 71.5 cm³/mol. The van der Waals surface area contributed by atoms with Crippen LogP contribution in [-0.2, 0) is 6.42 Å². The first kappa shape index (κ1) is 10.6. The lowest BCUT2D eigenvalue weighted by atomic mass is 10.1. The van der Waals surface area contributed by atoms with Crippen molar-refractivity contribution >= 4 is 16.7 Å². The van der Waals surface area contributed by atoms with E-state index in [0.29, 0.717) is 6.04 Å². The Balaban J connectivity index is 2.19. The normalized spacial score (nSPS) is 17.2. The minimum absolute atomic E-state index is 0.564. The summed E-state index contributed by atoms with van der Waals surface area (Å²) in [6, 6.07) is 2.64. The standard InChI is InChI=1S/C14H19N3/c1-3-10(2)17-8-4-5-11-9-16-12-6-7-15-14(17)13(11)12/h6-7,9-10,16H,3-5,8H2,1-2H3. The van der Waals surface area contributed by atoms with Crippen LogP contribution in [0.5, 0.6) is 0 Å². The number of hydrogen-bond donors (Lipinski definition) is 1. The van der Waals surface area contributed by atoms with E-state index in [1.165, 1.54) is 28.7 Å². The minimum atomic E-state index is 0.564. The van der Waals surface area contributed by atoms with Gasteiger partial charge in [0.25, 0.3) is 0 Å². The molecule has 0 aromatic carbocycles. The van der Waals surface area contributed by atoms with Crippen LogP contribution in [0.15, 0.2) is 18.5 Å². The highest BCUT2D eigenvalue weighted by Crippen LogP contribution is 2.32. The van der Waals surface area contributed by atoms with E-state index >= 15 is 0 Å². The summed E-state index contributed by atoms with van der Waals surface area (Å²) in [6.07, 6.45) is 7.60. The largest absolute Gasteiger partial charge is 0.361 e. The van der Waals surface area contributed by atoms with Gasteiger partial charge in [-0.2, -0.15) is 0 Å². The molecule has 17 heavy (non-hydrogen) atoms. The number of H-pyrrole nitrogens is 1. The molecule has 1 aliphatic heterocycles. The van der Waals surface area contributed by atoms with Crippen molar-refractivity contribution in [1.29, 1.82) is 0 Å². The fraction of sp³-hybridized carbons (Fsp3) is 0.500. The lowest BCUT2D eigenvalue weighted by molar-refractivity contribution is 0.600. The second kappa shape index (κ2) is 4.06. The Hall–Kier alpha value is -1.51. The van der Waals surface area contributed by atoms with Gasteiger partial charge >= 0.3 is 0 Å². The highest BCUT2D eigenvalue weighted by molar-refractivity contribution is 5.93. The van der Waals surface area contributed by atoms with Crippen LogP contribution in [0, 0.1) is 0 Å². The molecule has 1 N–H and O–H groups in total. The number of aromatic nitrogens is 2. The Morgan fingerprint density at radius 2 is 2.41 bits per heavy atom. The Bertz CT molecular complexity index is 529. The maximum Gasteiger partial charge on any atom is 0.138 e. The Morgan fingerprint density at radius 1 is 1.53 bits per heavy atom. The molecule has 0 saturated carbocycles. The van der Waals surface area contributed by atoms with Crippen LogP contribution in [0.4, 0.5) is 5.82 Å². The minimum Gasteiger partial charge on any atom is -0.361 e. The zero-order valence-electron chi connectivity index (χ0n) is 10.5. The van der Waals surface area contributed by atoms with E-state index in [1.54, 1.807) is 0 Å². The second-order valence-corrected chi connectivity index (χ2v) is 4.93. The SMILES string of the molecule is CCC(C)N1CCCc2c[nH]c3ccnc1c23. The average Bonchev–Trinajstić information content (AvgIpc) is 2.67. The number of nitrogens with zero attached hydrogens (tertiary/aromatic N) is 2. The lowest BCUT2D eigenvalue weighted by Gasteiger charge is -2.29. The molecule has 1 unspecified atom stereocenters. The van der Waals surface area contributed by atoms with Crippen molar-refractivity contribution in [3.05, 3.63) is 24.0 Å². The number of pyridine rings is 1. The zero-order valence-corrected chi connectivity index (χ0v) is 10.5. The Kier molecular flexibility index (Phi) is 2.54. The fourth-order valence-electron chi connectivity index (χ4n) is 2.73. The van der Waals surface area contributed by atoms with Gasteiger partial charge in [0.15, 0.2) is 0 Å². The molecule has 3 heterocycles. The summed E-state index contributed by atoms with van der Waals surface area (Å²) in [5.74, 6) is 1.17. The molecule has 0 fully saturated rings.